The summed E-state index contributed by atoms with van der Waals surface area (Å²) in [5, 5.41) is 18.3. The third kappa shape index (κ3) is 3.30. The lowest BCUT2D eigenvalue weighted by atomic mass is 10.3. The molecule has 1 aromatic heterocycles. The molecule has 6 nitrogen and oxygen atoms in total. The number of hydrogen-bond donors (Lipinski definition) is 2. The van der Waals surface area contributed by atoms with Gasteiger partial charge in [0, 0.05) is 20.2 Å². The van der Waals surface area contributed by atoms with Gasteiger partial charge in [0.05, 0.1) is 25.3 Å². The van der Waals surface area contributed by atoms with Crippen LogP contribution in [0.5, 0.6) is 0 Å². The molecular formula is C12H22N4O2. The third-order valence-electron chi connectivity index (χ3n) is 3.21. The first-order valence-corrected chi connectivity index (χ1v) is 6.00. The van der Waals surface area contributed by atoms with Crippen LogP contribution in [0, 0.1) is 0 Å². The fourth-order valence-electron chi connectivity index (χ4n) is 1.42. The topological polar surface area (TPSA) is 72.7 Å². The number of anilines is 2. The molecule has 0 bridgehead atoms. The van der Waals surface area contributed by atoms with Crippen LogP contribution < -0.4 is 9.80 Å². The maximum absolute atomic E-state index is 9.14. The van der Waals surface area contributed by atoms with Gasteiger partial charge in [0.15, 0.2) is 0 Å². The molecule has 1 heterocycles. The molecule has 0 saturated carbocycles. The molecule has 0 spiro atoms. The van der Waals surface area contributed by atoms with Crippen LogP contribution in [0.4, 0.5) is 11.6 Å². The Kier molecular flexibility index (Phi) is 5.30. The Hall–Kier alpha value is -1.40. The summed E-state index contributed by atoms with van der Waals surface area (Å²) in [6.45, 7) is 3.97. The summed E-state index contributed by atoms with van der Waals surface area (Å²) in [5.74, 6) is 1.50. The molecule has 1 rings (SSSR count). The number of hydrogen-bond acceptors (Lipinski definition) is 6. The first-order valence-electron chi connectivity index (χ1n) is 6.00. The number of aromatic nitrogens is 2. The Bertz CT molecular complexity index is 344. The van der Waals surface area contributed by atoms with E-state index in [0.717, 1.165) is 11.6 Å². The van der Waals surface area contributed by atoms with Crippen molar-refractivity contribution in [3.05, 3.63) is 12.4 Å². The van der Waals surface area contributed by atoms with Crippen molar-refractivity contribution in [2.75, 3.05) is 37.1 Å². The second-order valence-electron chi connectivity index (χ2n) is 4.52. The molecule has 0 aliphatic rings. The largest absolute Gasteiger partial charge is 0.394 e. The smallest absolute Gasteiger partial charge is 0.134 e. The lowest BCUT2D eigenvalue weighted by Gasteiger charge is -2.27. The summed E-state index contributed by atoms with van der Waals surface area (Å²) in [6, 6.07) is 1.83. The Morgan fingerprint density at radius 2 is 1.39 bits per heavy atom. The molecule has 0 aromatic carbocycles. The first kappa shape index (κ1) is 14.7. The fourth-order valence-corrected chi connectivity index (χ4v) is 1.42. The molecule has 0 aliphatic heterocycles. The van der Waals surface area contributed by atoms with Crippen molar-refractivity contribution < 1.29 is 10.2 Å². The van der Waals surface area contributed by atoms with Crippen LogP contribution >= 0.6 is 0 Å². The van der Waals surface area contributed by atoms with E-state index in [4.69, 9.17) is 10.2 Å². The minimum absolute atomic E-state index is 0.00618. The Labute approximate surface area is 108 Å². The van der Waals surface area contributed by atoms with Crippen LogP contribution in [0.1, 0.15) is 13.8 Å². The van der Waals surface area contributed by atoms with Crippen molar-refractivity contribution in [3.63, 3.8) is 0 Å². The molecule has 0 aliphatic carbocycles. The molecule has 102 valence electrons. The lowest BCUT2D eigenvalue weighted by Crippen LogP contribution is -2.34. The van der Waals surface area contributed by atoms with Gasteiger partial charge in [-0.05, 0) is 13.8 Å². The van der Waals surface area contributed by atoms with E-state index in [2.05, 4.69) is 9.97 Å². The van der Waals surface area contributed by atoms with E-state index in [1.807, 2.05) is 43.8 Å². The lowest BCUT2D eigenvalue weighted by molar-refractivity contribution is 0.269. The monoisotopic (exact) mass is 254 g/mol. The van der Waals surface area contributed by atoms with E-state index >= 15 is 0 Å². The average molecular weight is 254 g/mol. The molecule has 1 aromatic rings. The Morgan fingerprint density at radius 1 is 1.00 bits per heavy atom. The number of likely N-dealkylation sites (N-methyl/N-ethyl adjacent to an activating group) is 2. The van der Waals surface area contributed by atoms with Gasteiger partial charge in [0.25, 0.3) is 0 Å². The first-order chi connectivity index (χ1) is 8.51. The summed E-state index contributed by atoms with van der Waals surface area (Å²) in [4.78, 5) is 12.2. The van der Waals surface area contributed by atoms with E-state index in [1.165, 1.54) is 6.33 Å². The molecule has 0 fully saturated rings. The van der Waals surface area contributed by atoms with Crippen LogP contribution in [0.2, 0.25) is 0 Å². The van der Waals surface area contributed by atoms with Crippen LogP contribution in [0.3, 0.4) is 0 Å². The van der Waals surface area contributed by atoms with Gasteiger partial charge in [-0.15, -0.1) is 0 Å². The number of nitrogens with zero attached hydrogens (tertiary/aromatic N) is 4. The predicted molar refractivity (Wildman–Crippen MR) is 71.9 cm³/mol. The molecule has 6 heteroatoms. The van der Waals surface area contributed by atoms with Gasteiger partial charge >= 0.3 is 0 Å². The Morgan fingerprint density at radius 3 is 1.72 bits per heavy atom. The highest BCUT2D eigenvalue weighted by atomic mass is 16.3. The highest BCUT2D eigenvalue weighted by Crippen LogP contribution is 2.18. The molecule has 0 radical (unpaired) electrons. The quantitative estimate of drug-likeness (QED) is 0.751. The molecule has 2 N–H and O–H groups in total. The van der Waals surface area contributed by atoms with Gasteiger partial charge in [0.2, 0.25) is 0 Å². The normalized spacial score (nSPS) is 14.1. The predicted octanol–water partition coefficient (Wildman–Crippen LogP) is 0.111. The van der Waals surface area contributed by atoms with Gasteiger partial charge in [-0.3, -0.25) is 0 Å². The fraction of sp³-hybridized carbons (Fsp3) is 0.667. The molecule has 0 unspecified atom stereocenters. The van der Waals surface area contributed by atoms with E-state index in [-0.39, 0.29) is 25.3 Å². The summed E-state index contributed by atoms with van der Waals surface area (Å²) in [6.07, 6.45) is 1.49. The maximum Gasteiger partial charge on any atom is 0.134 e. The minimum Gasteiger partial charge on any atom is -0.394 e. The van der Waals surface area contributed by atoms with E-state index in [1.54, 1.807) is 0 Å². The van der Waals surface area contributed by atoms with Gasteiger partial charge in [-0.1, -0.05) is 0 Å². The Balaban J connectivity index is 2.91. The van der Waals surface area contributed by atoms with Gasteiger partial charge in [-0.25, -0.2) is 9.97 Å². The summed E-state index contributed by atoms with van der Waals surface area (Å²) < 4.78 is 0. The van der Waals surface area contributed by atoms with E-state index < -0.39 is 0 Å². The second-order valence-corrected chi connectivity index (χ2v) is 4.52. The maximum atomic E-state index is 9.14. The van der Waals surface area contributed by atoms with Crippen LogP contribution in [-0.2, 0) is 0 Å². The van der Waals surface area contributed by atoms with Crippen molar-refractivity contribution in [2.24, 2.45) is 0 Å². The average Bonchev–Trinajstić information content (AvgIpc) is 2.43. The van der Waals surface area contributed by atoms with Crippen LogP contribution in [0.15, 0.2) is 12.4 Å². The zero-order valence-electron chi connectivity index (χ0n) is 11.4. The molecule has 18 heavy (non-hydrogen) atoms. The summed E-state index contributed by atoms with van der Waals surface area (Å²) >= 11 is 0. The minimum atomic E-state index is -0.00618. The van der Waals surface area contributed by atoms with Crippen molar-refractivity contribution in [1.82, 2.24) is 9.97 Å². The third-order valence-corrected chi connectivity index (χ3v) is 3.21. The van der Waals surface area contributed by atoms with Gasteiger partial charge < -0.3 is 20.0 Å². The van der Waals surface area contributed by atoms with Crippen LogP contribution in [-0.4, -0.2) is 59.6 Å². The molecular weight excluding hydrogens is 232 g/mol. The highest BCUT2D eigenvalue weighted by molar-refractivity contribution is 5.50. The standard InChI is InChI=1S/C12H22N4O2/c1-9(6-17)15(3)11-5-12(14-8-13-11)16(4)10(2)7-18/h5,8-10,17-18H,6-7H2,1-4H3/t9-,10-/m0/s1. The number of aliphatic hydroxyl groups excluding tert-OH is 2. The number of rotatable bonds is 6. The molecule has 0 amide bonds. The zero-order chi connectivity index (χ0) is 13.7. The van der Waals surface area contributed by atoms with E-state index in [9.17, 15) is 0 Å². The highest BCUT2D eigenvalue weighted by Gasteiger charge is 2.14. The van der Waals surface area contributed by atoms with Gasteiger partial charge in [0.1, 0.15) is 18.0 Å². The second kappa shape index (κ2) is 6.51. The SMILES string of the molecule is C[C@@H](CO)N(C)c1cc(N(C)[C@@H](C)CO)ncn1. The van der Waals surface area contributed by atoms with Crippen LogP contribution in [0.25, 0.3) is 0 Å². The van der Waals surface area contributed by atoms with Crippen molar-refractivity contribution in [3.8, 4) is 0 Å². The van der Waals surface area contributed by atoms with E-state index in [0.29, 0.717) is 0 Å². The van der Waals surface area contributed by atoms with Crippen molar-refractivity contribution in [1.29, 1.82) is 0 Å². The summed E-state index contributed by atoms with van der Waals surface area (Å²) in [7, 11) is 3.75. The summed E-state index contributed by atoms with van der Waals surface area (Å²) in [5.41, 5.74) is 0. The van der Waals surface area contributed by atoms with Gasteiger partial charge in [-0.2, -0.15) is 0 Å². The van der Waals surface area contributed by atoms with Crippen molar-refractivity contribution in [2.45, 2.75) is 25.9 Å². The molecule has 2 atom stereocenters. The number of aliphatic hydroxyl groups is 2. The zero-order valence-corrected chi connectivity index (χ0v) is 11.4. The van der Waals surface area contributed by atoms with Crippen molar-refractivity contribution >= 4 is 11.6 Å². The molecule has 0 saturated heterocycles.